The van der Waals surface area contributed by atoms with Gasteiger partial charge in [-0.25, -0.2) is 19.6 Å². The van der Waals surface area contributed by atoms with E-state index in [4.69, 9.17) is 0 Å². The lowest BCUT2D eigenvalue weighted by atomic mass is 10.2. The van der Waals surface area contributed by atoms with E-state index < -0.39 is 0 Å². The highest BCUT2D eigenvalue weighted by molar-refractivity contribution is 7.11. The zero-order chi connectivity index (χ0) is 18.4. The van der Waals surface area contributed by atoms with Crippen LogP contribution in [0.15, 0.2) is 41.8 Å². The molecule has 0 radical (unpaired) electrons. The van der Waals surface area contributed by atoms with Crippen molar-refractivity contribution < 1.29 is 0 Å². The first-order valence-corrected chi connectivity index (χ1v) is 9.37. The number of aliphatic imine (C=N–C) groups is 1. The summed E-state index contributed by atoms with van der Waals surface area (Å²) >= 11 is 1.71. The van der Waals surface area contributed by atoms with Gasteiger partial charge >= 0.3 is 0 Å². The predicted molar refractivity (Wildman–Crippen MR) is 105 cm³/mol. The lowest BCUT2D eigenvalue weighted by molar-refractivity contribution is 0.807. The van der Waals surface area contributed by atoms with Crippen molar-refractivity contribution >= 4 is 17.3 Å². The summed E-state index contributed by atoms with van der Waals surface area (Å²) in [6.45, 7) is 8.21. The van der Waals surface area contributed by atoms with Crippen molar-refractivity contribution in [3.8, 4) is 5.82 Å². The molecule has 0 atom stereocenters. The van der Waals surface area contributed by atoms with Crippen molar-refractivity contribution in [3.05, 3.63) is 57.9 Å². The highest BCUT2D eigenvalue weighted by Gasteiger charge is 2.05. The number of nitrogens with zero attached hydrogens (tertiary/aromatic N) is 5. The second-order valence-corrected chi connectivity index (χ2v) is 7.06. The summed E-state index contributed by atoms with van der Waals surface area (Å²) in [5.74, 6) is 1.56. The highest BCUT2D eigenvalue weighted by Crippen LogP contribution is 2.15. The first-order chi connectivity index (χ1) is 12.7. The Morgan fingerprint density at radius 3 is 2.85 bits per heavy atom. The van der Waals surface area contributed by atoms with E-state index in [1.165, 1.54) is 4.88 Å². The van der Waals surface area contributed by atoms with E-state index in [1.54, 1.807) is 28.4 Å². The number of pyridine rings is 1. The summed E-state index contributed by atoms with van der Waals surface area (Å²) in [7, 11) is 0. The summed E-state index contributed by atoms with van der Waals surface area (Å²) in [4.78, 5) is 14.8. The van der Waals surface area contributed by atoms with E-state index in [2.05, 4.69) is 44.5 Å². The molecule has 3 heterocycles. The Morgan fingerprint density at radius 1 is 1.27 bits per heavy atom. The molecule has 0 amide bonds. The smallest absolute Gasteiger partial charge is 0.191 e. The number of thiazole rings is 1. The normalized spacial score (nSPS) is 11.6. The number of hydrogen-bond donors (Lipinski definition) is 2. The molecule has 8 heteroatoms. The Kier molecular flexibility index (Phi) is 5.96. The summed E-state index contributed by atoms with van der Waals surface area (Å²) in [6.07, 6.45) is 5.39. The van der Waals surface area contributed by atoms with Crippen molar-refractivity contribution in [2.24, 2.45) is 4.99 Å². The van der Waals surface area contributed by atoms with Crippen molar-refractivity contribution in [3.63, 3.8) is 0 Å². The first kappa shape index (κ1) is 18.1. The van der Waals surface area contributed by atoms with Crippen molar-refractivity contribution in [1.29, 1.82) is 0 Å². The van der Waals surface area contributed by atoms with Gasteiger partial charge in [0.25, 0.3) is 0 Å². The number of aryl methyl sites for hydroxylation is 2. The Labute approximate surface area is 157 Å². The summed E-state index contributed by atoms with van der Waals surface area (Å²) in [6, 6.07) is 5.84. The Hall–Kier alpha value is -2.74. The number of nitrogens with one attached hydrogen (secondary N) is 2. The van der Waals surface area contributed by atoms with Gasteiger partial charge in [0.2, 0.25) is 0 Å². The fraction of sp³-hybridized carbons (Fsp3) is 0.333. The summed E-state index contributed by atoms with van der Waals surface area (Å²) < 4.78 is 1.74. The molecule has 26 heavy (non-hydrogen) atoms. The van der Waals surface area contributed by atoms with E-state index in [0.29, 0.717) is 13.1 Å². The minimum Gasteiger partial charge on any atom is -0.357 e. The van der Waals surface area contributed by atoms with Gasteiger partial charge in [-0.3, -0.25) is 0 Å². The average molecular weight is 369 g/mol. The number of guanidine groups is 1. The molecule has 0 saturated heterocycles. The molecule has 0 aromatic carbocycles. The van der Waals surface area contributed by atoms with Crippen LogP contribution in [0.4, 0.5) is 0 Å². The third kappa shape index (κ3) is 4.66. The van der Waals surface area contributed by atoms with Crippen molar-refractivity contribution in [2.75, 3.05) is 6.54 Å². The standard InChI is InChI=1S/C18H23N7S/c1-4-19-18(22-12-17-24-13(2)14(3)26-17)21-11-15-6-8-20-16(10-15)25-9-5-7-23-25/h5-10H,4,11-12H2,1-3H3,(H2,19,21,22). The molecule has 0 aliphatic rings. The molecule has 0 unspecified atom stereocenters. The van der Waals surface area contributed by atoms with Gasteiger partial charge < -0.3 is 10.6 Å². The van der Waals surface area contributed by atoms with Gasteiger partial charge in [0.1, 0.15) is 5.01 Å². The van der Waals surface area contributed by atoms with E-state index in [1.807, 2.05) is 31.3 Å². The van der Waals surface area contributed by atoms with Crippen LogP contribution in [0.1, 0.15) is 28.1 Å². The molecule has 0 bridgehead atoms. The summed E-state index contributed by atoms with van der Waals surface area (Å²) in [5, 5.41) is 11.9. The third-order valence-corrected chi connectivity index (χ3v) is 4.87. The fourth-order valence-corrected chi connectivity index (χ4v) is 3.25. The van der Waals surface area contributed by atoms with Gasteiger partial charge in [0.15, 0.2) is 11.8 Å². The van der Waals surface area contributed by atoms with Gasteiger partial charge in [-0.1, -0.05) is 0 Å². The predicted octanol–water partition coefficient (Wildman–Crippen LogP) is 2.60. The molecule has 0 spiro atoms. The zero-order valence-electron chi connectivity index (χ0n) is 15.2. The molecule has 2 N–H and O–H groups in total. The van der Waals surface area contributed by atoms with Gasteiger partial charge in [-0.2, -0.15) is 5.10 Å². The zero-order valence-corrected chi connectivity index (χ0v) is 16.0. The lowest BCUT2D eigenvalue weighted by Crippen LogP contribution is -2.36. The molecule has 0 saturated carbocycles. The quantitative estimate of drug-likeness (QED) is 0.516. The Morgan fingerprint density at radius 2 is 2.15 bits per heavy atom. The van der Waals surface area contributed by atoms with Crippen LogP contribution in [0.25, 0.3) is 5.82 Å². The van der Waals surface area contributed by atoms with Gasteiger partial charge in [-0.15, -0.1) is 11.3 Å². The molecular weight excluding hydrogens is 346 g/mol. The second-order valence-electron chi connectivity index (χ2n) is 5.77. The molecule has 0 aliphatic heterocycles. The van der Waals surface area contributed by atoms with Crippen LogP contribution >= 0.6 is 11.3 Å². The lowest BCUT2D eigenvalue weighted by Gasteiger charge is -2.10. The monoisotopic (exact) mass is 369 g/mol. The van der Waals surface area contributed by atoms with Gasteiger partial charge in [0.05, 0.1) is 18.8 Å². The third-order valence-electron chi connectivity index (χ3n) is 3.79. The molecule has 3 aromatic rings. The van der Waals surface area contributed by atoms with Gasteiger partial charge in [0, 0.05) is 30.0 Å². The van der Waals surface area contributed by atoms with E-state index in [-0.39, 0.29) is 0 Å². The Balaban J connectivity index is 1.66. The molecule has 0 aliphatic carbocycles. The maximum Gasteiger partial charge on any atom is 0.191 e. The molecule has 136 valence electrons. The summed E-state index contributed by atoms with van der Waals surface area (Å²) in [5.41, 5.74) is 2.17. The van der Waals surface area contributed by atoms with Gasteiger partial charge in [-0.05, 0) is 44.5 Å². The van der Waals surface area contributed by atoms with E-state index in [0.717, 1.165) is 34.6 Å². The molecule has 3 aromatic heterocycles. The first-order valence-electron chi connectivity index (χ1n) is 8.55. The van der Waals surface area contributed by atoms with Crippen LogP contribution in [0, 0.1) is 13.8 Å². The minimum absolute atomic E-state index is 0.558. The maximum atomic E-state index is 4.66. The van der Waals surface area contributed by atoms with Crippen LogP contribution in [-0.4, -0.2) is 32.3 Å². The van der Waals surface area contributed by atoms with Crippen LogP contribution in [0.3, 0.4) is 0 Å². The minimum atomic E-state index is 0.558. The number of rotatable bonds is 6. The van der Waals surface area contributed by atoms with Crippen LogP contribution in [0.5, 0.6) is 0 Å². The average Bonchev–Trinajstić information content (AvgIpc) is 3.28. The largest absolute Gasteiger partial charge is 0.357 e. The molecule has 0 fully saturated rings. The maximum absolute atomic E-state index is 4.66. The number of hydrogen-bond acceptors (Lipinski definition) is 5. The second kappa shape index (κ2) is 8.57. The number of aromatic nitrogens is 4. The topological polar surface area (TPSA) is 80.0 Å². The van der Waals surface area contributed by atoms with Crippen molar-refractivity contribution in [1.82, 2.24) is 30.4 Å². The van der Waals surface area contributed by atoms with Crippen LogP contribution < -0.4 is 10.6 Å². The SMILES string of the molecule is CCNC(=NCc1ccnc(-n2cccn2)c1)NCc1nc(C)c(C)s1. The molecule has 3 rings (SSSR count). The highest BCUT2D eigenvalue weighted by atomic mass is 32.1. The Bertz CT molecular complexity index is 848. The molecule has 7 nitrogen and oxygen atoms in total. The van der Waals surface area contributed by atoms with Crippen molar-refractivity contribution in [2.45, 2.75) is 33.9 Å². The fourth-order valence-electron chi connectivity index (χ4n) is 2.37. The molecular formula is C18H23N7S. The van der Waals surface area contributed by atoms with E-state index in [9.17, 15) is 0 Å². The van der Waals surface area contributed by atoms with E-state index >= 15 is 0 Å². The van der Waals surface area contributed by atoms with Crippen LogP contribution in [-0.2, 0) is 13.1 Å². The van der Waals surface area contributed by atoms with Crippen LogP contribution in [0.2, 0.25) is 0 Å².